The van der Waals surface area contributed by atoms with Gasteiger partial charge in [-0.3, -0.25) is 4.79 Å². The van der Waals surface area contributed by atoms with Gasteiger partial charge in [-0.2, -0.15) is 0 Å². The molecule has 1 atom stereocenters. The largest absolute Gasteiger partial charge is 0.391 e. The number of nitrogens with two attached hydrogens (primary N) is 1. The first kappa shape index (κ1) is 12.5. The van der Waals surface area contributed by atoms with E-state index in [2.05, 4.69) is 5.32 Å². The van der Waals surface area contributed by atoms with E-state index in [4.69, 9.17) is 5.73 Å². The molecule has 1 rings (SSSR count). The lowest BCUT2D eigenvalue weighted by Crippen LogP contribution is -2.55. The molecule has 1 unspecified atom stereocenters. The van der Waals surface area contributed by atoms with E-state index in [1.807, 2.05) is 0 Å². The summed E-state index contributed by atoms with van der Waals surface area (Å²) in [6, 6.07) is 0. The lowest BCUT2D eigenvalue weighted by Gasteiger charge is -2.39. The van der Waals surface area contributed by atoms with Crippen molar-refractivity contribution < 1.29 is 9.90 Å². The second kappa shape index (κ2) is 4.10. The lowest BCUT2D eigenvalue weighted by atomic mass is 9.75. The van der Waals surface area contributed by atoms with Gasteiger partial charge in [0.25, 0.3) is 0 Å². The molecular weight excluding hydrogens is 192 g/mol. The SMILES string of the molecule is CC(O)C(C)(C)NC(=O)CC1(N)CCC1. The van der Waals surface area contributed by atoms with Gasteiger partial charge >= 0.3 is 0 Å². The van der Waals surface area contributed by atoms with E-state index in [1.165, 1.54) is 0 Å². The van der Waals surface area contributed by atoms with Gasteiger partial charge in [-0.25, -0.2) is 0 Å². The summed E-state index contributed by atoms with van der Waals surface area (Å²) in [6.07, 6.45) is 2.76. The highest BCUT2D eigenvalue weighted by Gasteiger charge is 2.36. The minimum atomic E-state index is -0.586. The number of aliphatic hydroxyl groups excluding tert-OH is 1. The van der Waals surface area contributed by atoms with Crippen molar-refractivity contribution in [1.82, 2.24) is 5.32 Å². The van der Waals surface area contributed by atoms with Crippen LogP contribution in [0.1, 0.15) is 46.5 Å². The number of nitrogens with one attached hydrogen (secondary N) is 1. The van der Waals surface area contributed by atoms with Crippen molar-refractivity contribution in [3.05, 3.63) is 0 Å². The number of hydrogen-bond donors (Lipinski definition) is 3. The third kappa shape index (κ3) is 3.18. The van der Waals surface area contributed by atoms with E-state index in [1.54, 1.807) is 20.8 Å². The molecule has 4 N–H and O–H groups in total. The summed E-state index contributed by atoms with van der Waals surface area (Å²) in [6.45, 7) is 5.28. The molecule has 0 aromatic rings. The highest BCUT2D eigenvalue weighted by Crippen LogP contribution is 2.32. The van der Waals surface area contributed by atoms with Crippen LogP contribution in [-0.4, -0.2) is 28.2 Å². The van der Waals surface area contributed by atoms with Crippen LogP contribution in [0, 0.1) is 0 Å². The Morgan fingerprint density at radius 2 is 2.13 bits per heavy atom. The van der Waals surface area contributed by atoms with Gasteiger partial charge in [-0.05, 0) is 40.0 Å². The smallest absolute Gasteiger partial charge is 0.222 e. The number of carbonyl (C=O) groups excluding carboxylic acids is 1. The molecule has 0 aromatic carbocycles. The molecule has 4 nitrogen and oxygen atoms in total. The van der Waals surface area contributed by atoms with E-state index in [0.29, 0.717) is 6.42 Å². The quantitative estimate of drug-likeness (QED) is 0.639. The van der Waals surface area contributed by atoms with Crippen LogP contribution in [0.5, 0.6) is 0 Å². The van der Waals surface area contributed by atoms with Gasteiger partial charge in [0.15, 0.2) is 0 Å². The maximum atomic E-state index is 11.7. The van der Waals surface area contributed by atoms with Gasteiger partial charge in [0.1, 0.15) is 0 Å². The maximum Gasteiger partial charge on any atom is 0.222 e. The number of aliphatic hydroxyl groups is 1. The zero-order valence-electron chi connectivity index (χ0n) is 9.84. The van der Waals surface area contributed by atoms with E-state index in [9.17, 15) is 9.90 Å². The fraction of sp³-hybridized carbons (Fsp3) is 0.909. The van der Waals surface area contributed by atoms with Gasteiger partial charge in [-0.15, -0.1) is 0 Å². The summed E-state index contributed by atoms with van der Waals surface area (Å²) in [5, 5.41) is 12.3. The van der Waals surface area contributed by atoms with Crippen LogP contribution in [0.15, 0.2) is 0 Å². The number of rotatable bonds is 4. The molecule has 0 spiro atoms. The summed E-state index contributed by atoms with van der Waals surface area (Å²) >= 11 is 0. The zero-order chi connectivity index (χ0) is 11.7. The fourth-order valence-corrected chi connectivity index (χ4v) is 1.64. The summed E-state index contributed by atoms with van der Waals surface area (Å²) in [7, 11) is 0. The number of carbonyl (C=O) groups is 1. The number of amides is 1. The minimum Gasteiger partial charge on any atom is -0.391 e. The molecule has 1 amide bonds. The third-order valence-electron chi connectivity index (χ3n) is 3.37. The Hall–Kier alpha value is -0.610. The molecular formula is C11H22N2O2. The van der Waals surface area contributed by atoms with E-state index in [-0.39, 0.29) is 11.4 Å². The molecule has 15 heavy (non-hydrogen) atoms. The molecule has 0 heterocycles. The van der Waals surface area contributed by atoms with Crippen molar-refractivity contribution in [3.8, 4) is 0 Å². The Morgan fingerprint density at radius 3 is 2.47 bits per heavy atom. The molecule has 1 fully saturated rings. The van der Waals surface area contributed by atoms with E-state index < -0.39 is 11.6 Å². The Labute approximate surface area is 91.2 Å². The molecule has 0 radical (unpaired) electrons. The Balaban J connectivity index is 2.42. The van der Waals surface area contributed by atoms with Crippen molar-refractivity contribution in [2.45, 2.75) is 63.6 Å². The predicted molar refractivity (Wildman–Crippen MR) is 59.3 cm³/mol. The van der Waals surface area contributed by atoms with Crippen LogP contribution in [0.2, 0.25) is 0 Å². The average molecular weight is 214 g/mol. The normalized spacial score (nSPS) is 21.7. The summed E-state index contributed by atoms with van der Waals surface area (Å²) < 4.78 is 0. The summed E-state index contributed by atoms with van der Waals surface area (Å²) in [4.78, 5) is 11.7. The molecule has 0 bridgehead atoms. The Morgan fingerprint density at radius 1 is 1.60 bits per heavy atom. The topological polar surface area (TPSA) is 75.3 Å². The molecule has 1 aliphatic rings. The van der Waals surface area contributed by atoms with Crippen molar-refractivity contribution in [1.29, 1.82) is 0 Å². The van der Waals surface area contributed by atoms with Crippen molar-refractivity contribution >= 4 is 5.91 Å². The van der Waals surface area contributed by atoms with Crippen molar-refractivity contribution in [2.24, 2.45) is 5.73 Å². The monoisotopic (exact) mass is 214 g/mol. The third-order valence-corrected chi connectivity index (χ3v) is 3.37. The molecule has 1 saturated carbocycles. The first-order valence-electron chi connectivity index (χ1n) is 5.53. The maximum absolute atomic E-state index is 11.7. The minimum absolute atomic E-state index is 0.0666. The van der Waals surface area contributed by atoms with Gasteiger partial charge in [0.05, 0.1) is 11.6 Å². The second-order valence-corrected chi connectivity index (χ2v) is 5.34. The molecule has 88 valence electrons. The van der Waals surface area contributed by atoms with Crippen LogP contribution in [-0.2, 0) is 4.79 Å². The first-order chi connectivity index (χ1) is 6.75. The van der Waals surface area contributed by atoms with Crippen LogP contribution >= 0.6 is 0 Å². The zero-order valence-corrected chi connectivity index (χ0v) is 9.84. The van der Waals surface area contributed by atoms with E-state index in [0.717, 1.165) is 19.3 Å². The highest BCUT2D eigenvalue weighted by molar-refractivity contribution is 5.78. The van der Waals surface area contributed by atoms with Crippen molar-refractivity contribution in [2.75, 3.05) is 0 Å². The van der Waals surface area contributed by atoms with Crippen LogP contribution < -0.4 is 11.1 Å². The standard InChI is InChI=1S/C11H22N2O2/c1-8(14)10(2,3)13-9(15)7-11(12)5-4-6-11/h8,14H,4-7,12H2,1-3H3,(H,13,15). The van der Waals surface area contributed by atoms with Gasteiger partial charge in [-0.1, -0.05) is 0 Å². The lowest BCUT2D eigenvalue weighted by molar-refractivity contribution is -0.125. The molecule has 0 aromatic heterocycles. The van der Waals surface area contributed by atoms with Gasteiger partial charge < -0.3 is 16.2 Å². The van der Waals surface area contributed by atoms with Gasteiger partial charge in [0.2, 0.25) is 5.91 Å². The Bertz CT molecular complexity index is 245. The second-order valence-electron chi connectivity index (χ2n) is 5.34. The predicted octanol–water partition coefficient (Wildman–Crippen LogP) is 0.533. The van der Waals surface area contributed by atoms with Crippen LogP contribution in [0.4, 0.5) is 0 Å². The molecule has 4 heteroatoms. The average Bonchev–Trinajstić information content (AvgIpc) is 1.99. The molecule has 0 aliphatic heterocycles. The van der Waals surface area contributed by atoms with E-state index >= 15 is 0 Å². The molecule has 1 aliphatic carbocycles. The van der Waals surface area contributed by atoms with Gasteiger partial charge in [0, 0.05) is 12.0 Å². The summed E-state index contributed by atoms with van der Waals surface area (Å²) in [5.41, 5.74) is 5.10. The van der Waals surface area contributed by atoms with Crippen molar-refractivity contribution in [3.63, 3.8) is 0 Å². The highest BCUT2D eigenvalue weighted by atomic mass is 16.3. The molecule has 0 saturated heterocycles. The summed E-state index contributed by atoms with van der Waals surface area (Å²) in [5.74, 6) is -0.0666. The van der Waals surface area contributed by atoms with Crippen LogP contribution in [0.3, 0.4) is 0 Å². The Kier molecular flexibility index (Phi) is 3.41. The fourth-order valence-electron chi connectivity index (χ4n) is 1.64. The van der Waals surface area contributed by atoms with Crippen LogP contribution in [0.25, 0.3) is 0 Å². The number of hydrogen-bond acceptors (Lipinski definition) is 3. The first-order valence-corrected chi connectivity index (χ1v) is 5.53.